The number of nitrogens with zero attached hydrogens (tertiary/aromatic N) is 4. The molecule has 0 amide bonds. The van der Waals surface area contributed by atoms with Crippen molar-refractivity contribution >= 4 is 0 Å². The first-order valence-corrected chi connectivity index (χ1v) is 9.04. The van der Waals surface area contributed by atoms with Gasteiger partial charge in [0.15, 0.2) is 0 Å². The Hall–Kier alpha value is -1.72. The summed E-state index contributed by atoms with van der Waals surface area (Å²) in [6, 6.07) is 7.20. The Balaban J connectivity index is 1.39. The smallest absolute Gasteiger partial charge is 0.123 e. The number of hydrogen-bond acceptors (Lipinski definition) is 3. The highest BCUT2D eigenvalue weighted by atomic mass is 19.1. The normalized spacial score (nSPS) is 23.0. The molecule has 0 bridgehead atoms. The molecule has 2 aliphatic heterocycles. The Morgan fingerprint density at radius 1 is 1.04 bits per heavy atom. The third kappa shape index (κ3) is 3.52. The zero-order valence-corrected chi connectivity index (χ0v) is 14.1. The molecule has 1 atom stereocenters. The fraction of sp³-hybridized carbons (Fsp3) is 0.526. The number of halogens is 1. The van der Waals surface area contributed by atoms with Crippen molar-refractivity contribution in [2.45, 2.75) is 38.3 Å². The predicted octanol–water partition coefficient (Wildman–Crippen LogP) is 3.07. The summed E-state index contributed by atoms with van der Waals surface area (Å²) in [4.78, 5) is 5.23. The van der Waals surface area contributed by atoms with E-state index in [0.717, 1.165) is 18.3 Å². The molecule has 1 unspecified atom stereocenters. The molecule has 5 heteroatoms. The monoisotopic (exact) mass is 328 g/mol. The lowest BCUT2D eigenvalue weighted by Gasteiger charge is -2.37. The molecule has 24 heavy (non-hydrogen) atoms. The van der Waals surface area contributed by atoms with Crippen LogP contribution in [0.1, 0.15) is 31.2 Å². The highest BCUT2D eigenvalue weighted by Gasteiger charge is 2.27. The van der Waals surface area contributed by atoms with Gasteiger partial charge in [-0.25, -0.2) is 9.07 Å². The molecule has 1 aromatic heterocycles. The van der Waals surface area contributed by atoms with Crippen molar-refractivity contribution in [2.75, 3.05) is 26.2 Å². The maximum atomic E-state index is 13.0. The van der Waals surface area contributed by atoms with E-state index in [1.165, 1.54) is 69.6 Å². The van der Waals surface area contributed by atoms with Crippen molar-refractivity contribution in [3.8, 4) is 5.69 Å². The number of rotatable bonds is 4. The van der Waals surface area contributed by atoms with Gasteiger partial charge in [0.2, 0.25) is 0 Å². The second-order valence-electron chi connectivity index (χ2n) is 7.04. The summed E-state index contributed by atoms with van der Waals surface area (Å²) in [5.41, 5.74) is 2.12. The number of likely N-dealkylation sites (tertiary alicyclic amines) is 2. The van der Waals surface area contributed by atoms with E-state index in [0.29, 0.717) is 0 Å². The van der Waals surface area contributed by atoms with Gasteiger partial charge in [0.1, 0.15) is 5.82 Å². The minimum atomic E-state index is -0.215. The maximum absolute atomic E-state index is 13.0. The second kappa shape index (κ2) is 7.03. The lowest BCUT2D eigenvalue weighted by Crippen LogP contribution is -2.46. The van der Waals surface area contributed by atoms with Crippen molar-refractivity contribution in [3.63, 3.8) is 0 Å². The van der Waals surface area contributed by atoms with E-state index >= 15 is 0 Å². The van der Waals surface area contributed by atoms with Crippen LogP contribution >= 0.6 is 0 Å². The zero-order chi connectivity index (χ0) is 16.4. The van der Waals surface area contributed by atoms with Crippen LogP contribution in [0.4, 0.5) is 4.39 Å². The first-order valence-electron chi connectivity index (χ1n) is 9.04. The van der Waals surface area contributed by atoms with Gasteiger partial charge in [-0.3, -0.25) is 9.80 Å². The highest BCUT2D eigenvalue weighted by Crippen LogP contribution is 2.21. The van der Waals surface area contributed by atoms with E-state index in [-0.39, 0.29) is 5.82 Å². The van der Waals surface area contributed by atoms with E-state index in [1.807, 2.05) is 10.9 Å². The summed E-state index contributed by atoms with van der Waals surface area (Å²) in [5, 5.41) is 4.44. The van der Waals surface area contributed by atoms with Gasteiger partial charge < -0.3 is 0 Å². The molecular formula is C19H25FN4. The van der Waals surface area contributed by atoms with E-state index < -0.39 is 0 Å². The van der Waals surface area contributed by atoms with Gasteiger partial charge in [0, 0.05) is 30.9 Å². The van der Waals surface area contributed by atoms with Gasteiger partial charge in [0.25, 0.3) is 0 Å². The molecule has 2 aromatic rings. The fourth-order valence-corrected chi connectivity index (χ4v) is 4.01. The molecule has 0 N–H and O–H groups in total. The minimum Gasteiger partial charge on any atom is -0.299 e. The Kier molecular flexibility index (Phi) is 4.63. The number of piperidine rings is 1. The molecule has 0 radical (unpaired) electrons. The van der Waals surface area contributed by atoms with E-state index in [4.69, 9.17) is 0 Å². The van der Waals surface area contributed by atoms with Crippen molar-refractivity contribution in [3.05, 3.63) is 48.0 Å². The van der Waals surface area contributed by atoms with Gasteiger partial charge in [-0.15, -0.1) is 0 Å². The summed E-state index contributed by atoms with van der Waals surface area (Å²) in [6.45, 7) is 5.85. The molecule has 2 aliphatic rings. The van der Waals surface area contributed by atoms with Gasteiger partial charge in [0.05, 0.1) is 11.9 Å². The topological polar surface area (TPSA) is 24.3 Å². The Labute approximate surface area is 142 Å². The third-order valence-electron chi connectivity index (χ3n) is 5.27. The van der Waals surface area contributed by atoms with Crippen LogP contribution in [0.2, 0.25) is 0 Å². The van der Waals surface area contributed by atoms with Crippen LogP contribution in [0, 0.1) is 5.82 Å². The summed E-state index contributed by atoms with van der Waals surface area (Å²) in [7, 11) is 0. The Bertz CT molecular complexity index is 660. The Morgan fingerprint density at radius 2 is 1.83 bits per heavy atom. The first-order chi connectivity index (χ1) is 11.8. The highest BCUT2D eigenvalue weighted by molar-refractivity contribution is 5.31. The molecule has 4 nitrogen and oxygen atoms in total. The zero-order valence-electron chi connectivity index (χ0n) is 14.1. The van der Waals surface area contributed by atoms with E-state index in [9.17, 15) is 4.39 Å². The lowest BCUT2D eigenvalue weighted by atomic mass is 10.0. The SMILES string of the molecule is Fc1ccc(-n2cc(CN3CCCC(N4CCCC4)C3)cn2)cc1. The molecule has 128 valence electrons. The molecule has 1 aromatic carbocycles. The van der Waals surface area contributed by atoms with E-state index in [1.54, 1.807) is 12.1 Å². The summed E-state index contributed by atoms with van der Waals surface area (Å²) in [5.74, 6) is -0.215. The van der Waals surface area contributed by atoms with Crippen molar-refractivity contribution in [1.82, 2.24) is 19.6 Å². The summed E-state index contributed by atoms with van der Waals surface area (Å²) < 4.78 is 14.9. The quantitative estimate of drug-likeness (QED) is 0.862. The van der Waals surface area contributed by atoms with Gasteiger partial charge in [-0.1, -0.05) is 0 Å². The fourth-order valence-electron chi connectivity index (χ4n) is 4.01. The number of aromatic nitrogens is 2. The Morgan fingerprint density at radius 3 is 2.62 bits per heavy atom. The average Bonchev–Trinajstić information content (AvgIpc) is 3.28. The maximum Gasteiger partial charge on any atom is 0.123 e. The second-order valence-corrected chi connectivity index (χ2v) is 7.04. The predicted molar refractivity (Wildman–Crippen MR) is 92.6 cm³/mol. The van der Waals surface area contributed by atoms with E-state index in [2.05, 4.69) is 21.1 Å². The van der Waals surface area contributed by atoms with Crippen LogP contribution < -0.4 is 0 Å². The van der Waals surface area contributed by atoms with Crippen LogP contribution in [0.25, 0.3) is 5.69 Å². The summed E-state index contributed by atoms with van der Waals surface area (Å²) >= 11 is 0. The van der Waals surface area contributed by atoms with Crippen LogP contribution in [0.3, 0.4) is 0 Å². The largest absolute Gasteiger partial charge is 0.299 e. The van der Waals surface area contributed by atoms with Crippen LogP contribution in [0.15, 0.2) is 36.7 Å². The number of hydrogen-bond donors (Lipinski definition) is 0. The number of benzene rings is 1. The van der Waals surface area contributed by atoms with Crippen molar-refractivity contribution in [2.24, 2.45) is 0 Å². The van der Waals surface area contributed by atoms with Crippen LogP contribution in [-0.2, 0) is 6.54 Å². The average molecular weight is 328 g/mol. The molecular weight excluding hydrogens is 303 g/mol. The standard InChI is InChI=1S/C19H25FN4/c20-17-5-7-18(8-6-17)24-14-16(12-21-24)13-22-9-3-4-19(15-22)23-10-1-2-11-23/h5-8,12,14,19H,1-4,9-11,13,15H2. The molecule has 3 heterocycles. The van der Waals surface area contributed by atoms with Gasteiger partial charge in [-0.05, 0) is 69.6 Å². The van der Waals surface area contributed by atoms with Crippen LogP contribution in [0.5, 0.6) is 0 Å². The first kappa shape index (κ1) is 15.8. The minimum absolute atomic E-state index is 0.215. The third-order valence-corrected chi connectivity index (χ3v) is 5.27. The molecule has 2 saturated heterocycles. The lowest BCUT2D eigenvalue weighted by molar-refractivity contribution is 0.110. The van der Waals surface area contributed by atoms with Crippen molar-refractivity contribution < 1.29 is 4.39 Å². The summed E-state index contributed by atoms with van der Waals surface area (Å²) in [6.07, 6.45) is 9.34. The molecule has 0 spiro atoms. The molecule has 2 fully saturated rings. The van der Waals surface area contributed by atoms with Crippen molar-refractivity contribution in [1.29, 1.82) is 0 Å². The van der Waals surface area contributed by atoms with Gasteiger partial charge >= 0.3 is 0 Å². The molecule has 0 saturated carbocycles. The molecule has 0 aliphatic carbocycles. The van der Waals surface area contributed by atoms with Crippen LogP contribution in [-0.4, -0.2) is 51.8 Å². The van der Waals surface area contributed by atoms with Gasteiger partial charge in [-0.2, -0.15) is 5.10 Å². The molecule has 4 rings (SSSR count).